The maximum Gasteiger partial charge on any atom is 0.266 e. The first-order chi connectivity index (χ1) is 14.6. The summed E-state index contributed by atoms with van der Waals surface area (Å²) in [5.74, 6) is -1.15. The summed E-state index contributed by atoms with van der Waals surface area (Å²) in [5, 5.41) is 19.7. The first-order valence-electron chi connectivity index (χ1n) is 9.54. The van der Waals surface area contributed by atoms with E-state index in [1.54, 1.807) is 6.20 Å². The van der Waals surface area contributed by atoms with E-state index in [9.17, 15) is 14.9 Å². The summed E-state index contributed by atoms with van der Waals surface area (Å²) in [6.07, 6.45) is 6.72. The van der Waals surface area contributed by atoms with E-state index in [1.807, 2.05) is 36.4 Å². The Morgan fingerprint density at radius 2 is 2.00 bits per heavy atom. The molecule has 0 atom stereocenters. The van der Waals surface area contributed by atoms with E-state index in [0.717, 1.165) is 41.7 Å². The van der Waals surface area contributed by atoms with Gasteiger partial charge in [-0.2, -0.15) is 10.4 Å². The van der Waals surface area contributed by atoms with E-state index in [4.69, 9.17) is 5.73 Å². The molecule has 0 spiro atoms. The first-order valence-corrected chi connectivity index (χ1v) is 10.4. The number of rotatable bonds is 5. The van der Waals surface area contributed by atoms with Gasteiger partial charge in [-0.15, -0.1) is 11.3 Å². The van der Waals surface area contributed by atoms with E-state index < -0.39 is 11.8 Å². The average Bonchev–Trinajstić information content (AvgIpc) is 3.36. The van der Waals surface area contributed by atoms with Gasteiger partial charge in [0, 0.05) is 16.0 Å². The number of aryl methyl sites for hydroxylation is 1. The summed E-state index contributed by atoms with van der Waals surface area (Å²) < 4.78 is 0. The summed E-state index contributed by atoms with van der Waals surface area (Å²) in [4.78, 5) is 25.9. The Bertz CT molecular complexity index is 1180. The second-order valence-electron chi connectivity index (χ2n) is 6.97. The quantitative estimate of drug-likeness (QED) is 0.433. The number of aromatic amines is 1. The molecule has 1 aromatic carbocycles. The van der Waals surface area contributed by atoms with Gasteiger partial charge in [-0.1, -0.05) is 30.3 Å². The highest BCUT2D eigenvalue weighted by atomic mass is 32.1. The van der Waals surface area contributed by atoms with Crippen molar-refractivity contribution in [2.24, 2.45) is 5.73 Å². The lowest BCUT2D eigenvalue weighted by molar-refractivity contribution is -0.112. The van der Waals surface area contributed by atoms with Crippen molar-refractivity contribution < 1.29 is 9.59 Å². The van der Waals surface area contributed by atoms with Gasteiger partial charge in [0.15, 0.2) is 0 Å². The van der Waals surface area contributed by atoms with Gasteiger partial charge < -0.3 is 11.1 Å². The van der Waals surface area contributed by atoms with Gasteiger partial charge in [0.05, 0.1) is 17.5 Å². The largest absolute Gasteiger partial charge is 0.365 e. The van der Waals surface area contributed by atoms with Crippen LogP contribution in [0.5, 0.6) is 0 Å². The van der Waals surface area contributed by atoms with Crippen LogP contribution in [0.25, 0.3) is 17.3 Å². The van der Waals surface area contributed by atoms with E-state index in [1.165, 1.54) is 17.4 Å². The lowest BCUT2D eigenvalue weighted by Crippen LogP contribution is -2.19. The molecule has 1 aliphatic rings. The zero-order valence-electron chi connectivity index (χ0n) is 16.1. The molecular weight excluding hydrogens is 398 g/mol. The molecule has 1 aliphatic carbocycles. The molecule has 7 nitrogen and oxygen atoms in total. The van der Waals surface area contributed by atoms with Crippen molar-refractivity contribution >= 4 is 34.2 Å². The minimum atomic E-state index is -0.584. The van der Waals surface area contributed by atoms with Gasteiger partial charge >= 0.3 is 0 Å². The number of benzene rings is 1. The van der Waals surface area contributed by atoms with Crippen molar-refractivity contribution in [3.8, 4) is 17.3 Å². The molecule has 0 saturated carbocycles. The Kier molecular flexibility index (Phi) is 5.46. The van der Waals surface area contributed by atoms with Crippen LogP contribution >= 0.6 is 11.3 Å². The second-order valence-corrected chi connectivity index (χ2v) is 8.07. The van der Waals surface area contributed by atoms with Crippen LogP contribution in [0.2, 0.25) is 0 Å². The molecular formula is C22H19N5O2S. The topological polar surface area (TPSA) is 125 Å². The normalized spacial score (nSPS) is 13.4. The highest BCUT2D eigenvalue weighted by Gasteiger charge is 2.25. The van der Waals surface area contributed by atoms with Crippen LogP contribution in [0.3, 0.4) is 0 Å². The van der Waals surface area contributed by atoms with E-state index in [0.29, 0.717) is 21.8 Å². The molecule has 30 heavy (non-hydrogen) atoms. The molecule has 2 heterocycles. The van der Waals surface area contributed by atoms with Crippen molar-refractivity contribution in [1.29, 1.82) is 5.26 Å². The molecule has 4 rings (SSSR count). The third-order valence-electron chi connectivity index (χ3n) is 5.04. The Labute approximate surface area is 177 Å². The molecule has 4 N–H and O–H groups in total. The van der Waals surface area contributed by atoms with E-state index in [-0.39, 0.29) is 5.57 Å². The molecule has 2 amide bonds. The average molecular weight is 417 g/mol. The number of amides is 2. The van der Waals surface area contributed by atoms with Gasteiger partial charge in [0.2, 0.25) is 0 Å². The summed E-state index contributed by atoms with van der Waals surface area (Å²) in [7, 11) is 0. The number of nitrogens with one attached hydrogen (secondary N) is 2. The summed E-state index contributed by atoms with van der Waals surface area (Å²) in [6.45, 7) is 0. The highest BCUT2D eigenvalue weighted by molar-refractivity contribution is 7.17. The number of nitriles is 1. The second kappa shape index (κ2) is 8.35. The van der Waals surface area contributed by atoms with Gasteiger partial charge in [0.1, 0.15) is 16.6 Å². The first kappa shape index (κ1) is 19.6. The van der Waals surface area contributed by atoms with Crippen LogP contribution in [0, 0.1) is 11.3 Å². The minimum Gasteiger partial charge on any atom is -0.365 e. The van der Waals surface area contributed by atoms with Crippen molar-refractivity contribution in [2.75, 3.05) is 5.32 Å². The number of primary amides is 1. The number of hydrogen-bond donors (Lipinski definition) is 3. The lowest BCUT2D eigenvalue weighted by atomic mass is 9.95. The fourth-order valence-corrected chi connectivity index (χ4v) is 4.92. The van der Waals surface area contributed by atoms with Crippen LogP contribution < -0.4 is 11.1 Å². The monoisotopic (exact) mass is 417 g/mol. The number of nitrogens with zero attached hydrogens (tertiary/aromatic N) is 2. The predicted molar refractivity (Wildman–Crippen MR) is 116 cm³/mol. The number of nitrogens with two attached hydrogens (primary N) is 1. The van der Waals surface area contributed by atoms with Crippen molar-refractivity contribution in [3.05, 3.63) is 63.7 Å². The van der Waals surface area contributed by atoms with Crippen LogP contribution in [-0.4, -0.2) is 22.0 Å². The maximum absolute atomic E-state index is 12.8. The SMILES string of the molecule is N#CC(=Cc1cn[nH]c1-c1ccccc1)C(=O)Nc1sc2c(c1C(N)=O)CCCC2. The molecule has 0 fully saturated rings. The number of fused-ring (bicyclic) bond motifs is 1. The number of anilines is 1. The number of hydrogen-bond acceptors (Lipinski definition) is 5. The number of H-pyrrole nitrogens is 1. The van der Waals surface area contributed by atoms with Crippen molar-refractivity contribution in [3.63, 3.8) is 0 Å². The van der Waals surface area contributed by atoms with E-state index >= 15 is 0 Å². The standard InChI is InChI=1S/C22H19N5O2S/c23-11-14(10-15-12-25-27-19(15)13-6-2-1-3-7-13)21(29)26-22-18(20(24)28)16-8-4-5-9-17(16)30-22/h1-3,6-7,10,12H,4-5,8-9H2,(H2,24,28)(H,25,27)(H,26,29). The third-order valence-corrected chi connectivity index (χ3v) is 6.25. The van der Waals surface area contributed by atoms with Gasteiger partial charge in [-0.05, 0) is 37.3 Å². The van der Waals surface area contributed by atoms with Gasteiger partial charge in [-0.3, -0.25) is 14.7 Å². The predicted octanol–water partition coefficient (Wildman–Crippen LogP) is 3.66. The number of carbonyl (C=O) groups excluding carboxylic acids is 2. The Hall–Kier alpha value is -3.70. The van der Waals surface area contributed by atoms with Gasteiger partial charge in [-0.25, -0.2) is 0 Å². The molecule has 0 radical (unpaired) electrons. The molecule has 0 aliphatic heterocycles. The van der Waals surface area contributed by atoms with E-state index in [2.05, 4.69) is 15.5 Å². The minimum absolute atomic E-state index is 0.0876. The summed E-state index contributed by atoms with van der Waals surface area (Å²) in [5.41, 5.74) is 9.01. The Morgan fingerprint density at radius 3 is 2.73 bits per heavy atom. The van der Waals surface area contributed by atoms with Crippen LogP contribution in [0.15, 0.2) is 42.1 Å². The molecule has 3 aromatic rings. The molecule has 0 saturated heterocycles. The Morgan fingerprint density at radius 1 is 1.23 bits per heavy atom. The smallest absolute Gasteiger partial charge is 0.266 e. The van der Waals surface area contributed by atoms with Gasteiger partial charge in [0.25, 0.3) is 11.8 Å². The number of thiophene rings is 1. The zero-order valence-corrected chi connectivity index (χ0v) is 16.9. The summed E-state index contributed by atoms with van der Waals surface area (Å²) in [6, 6.07) is 11.5. The molecule has 0 unspecified atom stereocenters. The molecule has 150 valence electrons. The maximum atomic E-state index is 12.8. The molecule has 8 heteroatoms. The number of carbonyl (C=O) groups is 2. The third kappa shape index (κ3) is 3.75. The molecule has 2 aromatic heterocycles. The Balaban J connectivity index is 1.64. The van der Waals surface area contributed by atoms with Crippen molar-refractivity contribution in [1.82, 2.24) is 10.2 Å². The van der Waals surface area contributed by atoms with Crippen LogP contribution in [0.4, 0.5) is 5.00 Å². The van der Waals surface area contributed by atoms with Crippen molar-refractivity contribution in [2.45, 2.75) is 25.7 Å². The zero-order chi connectivity index (χ0) is 21.1. The fraction of sp³-hybridized carbons (Fsp3) is 0.182. The molecule has 0 bridgehead atoms. The fourth-order valence-electron chi connectivity index (χ4n) is 3.63. The highest BCUT2D eigenvalue weighted by Crippen LogP contribution is 2.38. The van der Waals surface area contributed by atoms with Crippen LogP contribution in [-0.2, 0) is 17.6 Å². The summed E-state index contributed by atoms with van der Waals surface area (Å²) >= 11 is 1.37. The van der Waals surface area contributed by atoms with Crippen LogP contribution in [0.1, 0.15) is 39.2 Å². The number of aromatic nitrogens is 2. The lowest BCUT2D eigenvalue weighted by Gasteiger charge is -2.11.